The first kappa shape index (κ1) is 10.4. The Morgan fingerprint density at radius 1 is 1.20 bits per heavy atom. The second kappa shape index (κ2) is 3.50. The molecule has 1 aliphatic rings. The Hall–Kier alpha value is -1.07. The lowest BCUT2D eigenvalue weighted by Gasteiger charge is -2.20. The summed E-state index contributed by atoms with van der Waals surface area (Å²) in [5.41, 5.74) is -1.40. The molecule has 1 N–H and O–H groups in total. The normalized spacial score (nSPS) is 25.9. The molecule has 0 radical (unpaired) electrons. The van der Waals surface area contributed by atoms with Gasteiger partial charge in [0, 0.05) is 13.0 Å². The number of aliphatic hydroxyl groups is 1. The lowest BCUT2D eigenvalue weighted by molar-refractivity contribution is 0.0225. The zero-order valence-electron chi connectivity index (χ0n) is 7.77. The van der Waals surface area contributed by atoms with Crippen LogP contribution in [-0.4, -0.2) is 18.3 Å². The monoisotopic (exact) mass is 218 g/mol. The predicted molar refractivity (Wildman–Crippen MR) is 45.6 cm³/mol. The fraction of sp³-hybridized carbons (Fsp3) is 0.400. The summed E-state index contributed by atoms with van der Waals surface area (Å²) in [4.78, 5) is 0. The highest BCUT2D eigenvalue weighted by atomic mass is 19.2. The number of hydrogen-bond donors (Lipinski definition) is 1. The minimum Gasteiger partial charge on any atom is -0.383 e. The quantitative estimate of drug-likeness (QED) is 0.727. The average molecular weight is 218 g/mol. The number of benzene rings is 1. The summed E-state index contributed by atoms with van der Waals surface area (Å²) in [7, 11) is 0. The van der Waals surface area contributed by atoms with Crippen LogP contribution in [0.4, 0.5) is 13.2 Å². The second-order valence-corrected chi connectivity index (χ2v) is 3.59. The third-order valence-electron chi connectivity index (χ3n) is 2.52. The number of rotatable bonds is 1. The summed E-state index contributed by atoms with van der Waals surface area (Å²) in [6, 6.07) is 1.60. The highest BCUT2D eigenvalue weighted by Gasteiger charge is 2.35. The van der Waals surface area contributed by atoms with Gasteiger partial charge < -0.3 is 9.84 Å². The molecule has 2 nitrogen and oxygen atoms in total. The Morgan fingerprint density at radius 3 is 2.27 bits per heavy atom. The summed E-state index contributed by atoms with van der Waals surface area (Å²) >= 11 is 0. The SMILES string of the molecule is OC1(c2cc(F)c(F)c(F)c2)CCOC1. The van der Waals surface area contributed by atoms with E-state index in [1.807, 2.05) is 0 Å². The van der Waals surface area contributed by atoms with Gasteiger partial charge in [-0.05, 0) is 17.7 Å². The van der Waals surface area contributed by atoms with Gasteiger partial charge in [0.2, 0.25) is 0 Å². The van der Waals surface area contributed by atoms with E-state index in [0.29, 0.717) is 6.61 Å². The van der Waals surface area contributed by atoms with Gasteiger partial charge in [-0.3, -0.25) is 0 Å². The standard InChI is InChI=1S/C10H9F3O2/c11-7-3-6(4-8(12)9(7)13)10(14)1-2-15-5-10/h3-4,14H,1-2,5H2. The molecule has 0 amide bonds. The fourth-order valence-corrected chi connectivity index (χ4v) is 1.61. The van der Waals surface area contributed by atoms with Gasteiger partial charge in [-0.1, -0.05) is 0 Å². The molecule has 1 saturated heterocycles. The maximum atomic E-state index is 12.9. The second-order valence-electron chi connectivity index (χ2n) is 3.59. The van der Waals surface area contributed by atoms with Crippen LogP contribution in [0.15, 0.2) is 12.1 Å². The molecule has 0 aliphatic carbocycles. The summed E-state index contributed by atoms with van der Waals surface area (Å²) in [6.07, 6.45) is 0.248. The smallest absolute Gasteiger partial charge is 0.194 e. The van der Waals surface area contributed by atoms with Crippen molar-refractivity contribution in [3.63, 3.8) is 0 Å². The lowest BCUT2D eigenvalue weighted by Crippen LogP contribution is -2.26. The molecule has 2 rings (SSSR count). The van der Waals surface area contributed by atoms with E-state index in [2.05, 4.69) is 0 Å². The van der Waals surface area contributed by atoms with E-state index >= 15 is 0 Å². The van der Waals surface area contributed by atoms with E-state index in [-0.39, 0.29) is 18.6 Å². The molecule has 1 unspecified atom stereocenters. The molecule has 1 aliphatic heterocycles. The van der Waals surface area contributed by atoms with Crippen LogP contribution < -0.4 is 0 Å². The van der Waals surface area contributed by atoms with Crippen LogP contribution in [0.1, 0.15) is 12.0 Å². The van der Waals surface area contributed by atoms with Gasteiger partial charge in [0.1, 0.15) is 5.60 Å². The van der Waals surface area contributed by atoms with E-state index < -0.39 is 23.1 Å². The minimum absolute atomic E-state index is 0.0106. The van der Waals surface area contributed by atoms with Crippen molar-refractivity contribution in [2.24, 2.45) is 0 Å². The third-order valence-corrected chi connectivity index (χ3v) is 2.52. The van der Waals surface area contributed by atoms with Crippen molar-refractivity contribution < 1.29 is 23.0 Å². The number of hydrogen-bond acceptors (Lipinski definition) is 2. The van der Waals surface area contributed by atoms with Crippen molar-refractivity contribution in [2.75, 3.05) is 13.2 Å². The molecule has 1 aromatic carbocycles. The lowest BCUT2D eigenvalue weighted by atomic mass is 9.93. The van der Waals surface area contributed by atoms with Crippen molar-refractivity contribution in [1.29, 1.82) is 0 Å². The van der Waals surface area contributed by atoms with Crippen LogP contribution in [-0.2, 0) is 10.3 Å². The van der Waals surface area contributed by atoms with Crippen molar-refractivity contribution in [2.45, 2.75) is 12.0 Å². The van der Waals surface area contributed by atoms with Crippen LogP contribution >= 0.6 is 0 Å². The maximum absolute atomic E-state index is 12.9. The van der Waals surface area contributed by atoms with Crippen molar-refractivity contribution in [3.8, 4) is 0 Å². The van der Waals surface area contributed by atoms with Gasteiger partial charge in [0.15, 0.2) is 17.5 Å². The van der Waals surface area contributed by atoms with Crippen LogP contribution in [0, 0.1) is 17.5 Å². The van der Waals surface area contributed by atoms with Gasteiger partial charge in [0.25, 0.3) is 0 Å². The summed E-state index contributed by atoms with van der Waals surface area (Å²) in [5.74, 6) is -4.13. The molecule has 0 bridgehead atoms. The van der Waals surface area contributed by atoms with Crippen molar-refractivity contribution in [1.82, 2.24) is 0 Å². The molecule has 0 saturated carbocycles. The van der Waals surface area contributed by atoms with Gasteiger partial charge in [-0.2, -0.15) is 0 Å². The molecule has 0 aromatic heterocycles. The molecule has 1 fully saturated rings. The van der Waals surface area contributed by atoms with Crippen LogP contribution in [0.5, 0.6) is 0 Å². The Kier molecular flexibility index (Phi) is 2.44. The van der Waals surface area contributed by atoms with E-state index in [9.17, 15) is 18.3 Å². The van der Waals surface area contributed by atoms with Crippen LogP contribution in [0.25, 0.3) is 0 Å². The fourth-order valence-electron chi connectivity index (χ4n) is 1.61. The van der Waals surface area contributed by atoms with Gasteiger partial charge in [0.05, 0.1) is 6.61 Å². The molecular formula is C10H9F3O2. The third kappa shape index (κ3) is 1.72. The molecule has 1 heterocycles. The van der Waals surface area contributed by atoms with Gasteiger partial charge in [-0.25, -0.2) is 13.2 Å². The maximum Gasteiger partial charge on any atom is 0.194 e. The summed E-state index contributed by atoms with van der Waals surface area (Å²) in [5, 5.41) is 9.92. The zero-order valence-corrected chi connectivity index (χ0v) is 7.77. The van der Waals surface area contributed by atoms with Gasteiger partial charge >= 0.3 is 0 Å². The van der Waals surface area contributed by atoms with Crippen LogP contribution in [0.3, 0.4) is 0 Å². The molecule has 1 aromatic rings. The summed E-state index contributed by atoms with van der Waals surface area (Å²) < 4.78 is 43.4. The average Bonchev–Trinajstić information content (AvgIpc) is 2.62. The van der Waals surface area contributed by atoms with E-state index in [0.717, 1.165) is 12.1 Å². The largest absolute Gasteiger partial charge is 0.383 e. The minimum atomic E-state index is -1.53. The Balaban J connectivity index is 2.45. The first-order chi connectivity index (χ1) is 7.03. The van der Waals surface area contributed by atoms with Crippen LogP contribution in [0.2, 0.25) is 0 Å². The molecule has 15 heavy (non-hydrogen) atoms. The molecule has 5 heteroatoms. The van der Waals surface area contributed by atoms with E-state index in [4.69, 9.17) is 4.74 Å². The highest BCUT2D eigenvalue weighted by Crippen LogP contribution is 2.31. The highest BCUT2D eigenvalue weighted by molar-refractivity contribution is 5.26. The van der Waals surface area contributed by atoms with E-state index in [1.54, 1.807) is 0 Å². The van der Waals surface area contributed by atoms with E-state index in [1.165, 1.54) is 0 Å². The Labute approximate surface area is 84.3 Å². The number of ether oxygens (including phenoxy) is 1. The topological polar surface area (TPSA) is 29.5 Å². The zero-order chi connectivity index (χ0) is 11.1. The number of halogens is 3. The van der Waals surface area contributed by atoms with Crippen molar-refractivity contribution >= 4 is 0 Å². The van der Waals surface area contributed by atoms with Gasteiger partial charge in [-0.15, -0.1) is 0 Å². The Morgan fingerprint density at radius 2 is 1.80 bits per heavy atom. The van der Waals surface area contributed by atoms with Crippen molar-refractivity contribution in [3.05, 3.63) is 35.1 Å². The molecule has 0 spiro atoms. The first-order valence-electron chi connectivity index (χ1n) is 4.48. The predicted octanol–water partition coefficient (Wildman–Crippen LogP) is 1.71. The first-order valence-corrected chi connectivity index (χ1v) is 4.48. The molecular weight excluding hydrogens is 209 g/mol. The molecule has 82 valence electrons. The Bertz CT molecular complexity index is 363. The molecule has 1 atom stereocenters. The summed E-state index contributed by atoms with van der Waals surface area (Å²) in [6.45, 7) is 0.286.